The van der Waals surface area contributed by atoms with Crippen LogP contribution in [0.1, 0.15) is 40.0 Å². The minimum absolute atomic E-state index is 0.0982. The van der Waals surface area contributed by atoms with Crippen LogP contribution in [0.15, 0.2) is 66.8 Å². The molecule has 1 aromatic carbocycles. The van der Waals surface area contributed by atoms with Gasteiger partial charge < -0.3 is 4.74 Å². The average molecular weight is 298 g/mol. The van der Waals surface area contributed by atoms with E-state index in [4.69, 9.17) is 4.74 Å². The lowest BCUT2D eigenvalue weighted by molar-refractivity contribution is -0.133. The maximum absolute atomic E-state index is 11.8. The second-order valence-electron chi connectivity index (χ2n) is 5.92. The Morgan fingerprint density at radius 1 is 1.27 bits per heavy atom. The number of ether oxygens (including phenoxy) is 1. The van der Waals surface area contributed by atoms with E-state index in [1.807, 2.05) is 36.4 Å². The summed E-state index contributed by atoms with van der Waals surface area (Å²) in [5.74, 6) is 0.328. The van der Waals surface area contributed by atoms with Gasteiger partial charge in [-0.2, -0.15) is 0 Å². The molecule has 0 aliphatic heterocycles. The van der Waals surface area contributed by atoms with E-state index in [2.05, 4.69) is 33.4 Å². The first-order valence-electron chi connectivity index (χ1n) is 7.65. The Kier molecular flexibility index (Phi) is 7.38. The molecule has 1 aromatic rings. The number of hydrogen-bond donors (Lipinski definition) is 0. The van der Waals surface area contributed by atoms with Gasteiger partial charge in [0.15, 0.2) is 0 Å². The Bertz CT molecular complexity index is 536. The number of carbonyl (C=O) groups excluding carboxylic acids is 1. The normalized spacial score (nSPS) is 13.4. The quantitative estimate of drug-likeness (QED) is 0.361. The van der Waals surface area contributed by atoms with Gasteiger partial charge in [-0.15, -0.1) is 6.58 Å². The zero-order chi connectivity index (χ0) is 16.4. The minimum atomic E-state index is -0.252. The van der Waals surface area contributed by atoms with Gasteiger partial charge in [0.25, 0.3) is 0 Å². The molecule has 0 bridgehead atoms. The van der Waals surface area contributed by atoms with Crippen LogP contribution in [0, 0.1) is 5.41 Å². The van der Waals surface area contributed by atoms with Crippen molar-refractivity contribution in [3.63, 3.8) is 0 Å². The Hall–Kier alpha value is -2.09. The predicted octanol–water partition coefficient (Wildman–Crippen LogP) is 5.48. The largest absolute Gasteiger partial charge is 0.426 e. The van der Waals surface area contributed by atoms with E-state index in [-0.39, 0.29) is 17.8 Å². The number of allylic oxidation sites excluding steroid dienone is 4. The van der Waals surface area contributed by atoms with Gasteiger partial charge in [-0.1, -0.05) is 55.0 Å². The van der Waals surface area contributed by atoms with Crippen molar-refractivity contribution in [2.75, 3.05) is 0 Å². The predicted molar refractivity (Wildman–Crippen MR) is 92.8 cm³/mol. The lowest BCUT2D eigenvalue weighted by Gasteiger charge is -2.20. The molecule has 1 rings (SSSR count). The maximum atomic E-state index is 11.8. The van der Waals surface area contributed by atoms with Gasteiger partial charge in [0, 0.05) is 5.41 Å². The molecule has 118 valence electrons. The average Bonchev–Trinajstić information content (AvgIpc) is 2.48. The molecule has 0 heterocycles. The first-order valence-corrected chi connectivity index (χ1v) is 7.65. The molecule has 0 spiro atoms. The van der Waals surface area contributed by atoms with Gasteiger partial charge in [-0.3, -0.25) is 4.79 Å². The Labute approximate surface area is 134 Å². The third-order valence-corrected chi connectivity index (χ3v) is 3.46. The molecule has 0 fully saturated rings. The molecular weight excluding hydrogens is 272 g/mol. The molecule has 2 heteroatoms. The summed E-state index contributed by atoms with van der Waals surface area (Å²) in [5.41, 5.74) is 1.22. The molecule has 0 aliphatic rings. The molecule has 0 saturated carbocycles. The molecule has 0 aromatic heterocycles. The van der Waals surface area contributed by atoms with Crippen LogP contribution in [0.5, 0.6) is 5.75 Å². The summed E-state index contributed by atoms with van der Waals surface area (Å²) >= 11 is 0. The molecule has 2 nitrogen and oxygen atoms in total. The first-order chi connectivity index (χ1) is 10.4. The minimum Gasteiger partial charge on any atom is -0.426 e. The first kappa shape index (κ1) is 18.0. The smallest absolute Gasteiger partial charge is 0.315 e. The summed E-state index contributed by atoms with van der Waals surface area (Å²) in [7, 11) is 0. The number of benzene rings is 1. The molecule has 0 N–H and O–H groups in total. The molecule has 1 unspecified atom stereocenters. The van der Waals surface area contributed by atoms with Crippen LogP contribution in [-0.2, 0) is 4.79 Å². The summed E-state index contributed by atoms with van der Waals surface area (Å²) in [6, 6.07) is 9.12. The van der Waals surface area contributed by atoms with Gasteiger partial charge in [0.2, 0.25) is 0 Å². The van der Waals surface area contributed by atoms with Crippen LogP contribution in [-0.4, -0.2) is 5.97 Å². The van der Waals surface area contributed by atoms with Gasteiger partial charge in [0.05, 0.1) is 6.42 Å². The van der Waals surface area contributed by atoms with Crippen molar-refractivity contribution < 1.29 is 9.53 Å². The summed E-state index contributed by atoms with van der Waals surface area (Å²) in [4.78, 5) is 11.8. The zero-order valence-electron chi connectivity index (χ0n) is 13.8. The van der Waals surface area contributed by atoms with E-state index in [1.54, 1.807) is 12.1 Å². The van der Waals surface area contributed by atoms with Crippen LogP contribution < -0.4 is 4.74 Å². The van der Waals surface area contributed by atoms with Gasteiger partial charge in [-0.25, -0.2) is 0 Å². The third kappa shape index (κ3) is 7.07. The van der Waals surface area contributed by atoms with Crippen LogP contribution in [0.25, 0.3) is 0 Å². The van der Waals surface area contributed by atoms with Crippen LogP contribution >= 0.6 is 0 Å². The zero-order valence-corrected chi connectivity index (χ0v) is 13.8. The second-order valence-corrected chi connectivity index (χ2v) is 5.92. The van der Waals surface area contributed by atoms with E-state index in [0.717, 1.165) is 12.8 Å². The molecule has 1 atom stereocenters. The van der Waals surface area contributed by atoms with E-state index >= 15 is 0 Å². The van der Waals surface area contributed by atoms with E-state index < -0.39 is 0 Å². The number of rotatable bonds is 8. The molecule has 0 saturated heterocycles. The number of esters is 1. The monoisotopic (exact) mass is 298 g/mol. The van der Waals surface area contributed by atoms with E-state index in [9.17, 15) is 4.79 Å². The molecule has 0 radical (unpaired) electrons. The van der Waals surface area contributed by atoms with Crippen molar-refractivity contribution in [2.45, 2.75) is 40.0 Å². The van der Waals surface area contributed by atoms with Crippen molar-refractivity contribution in [1.82, 2.24) is 0 Å². The van der Waals surface area contributed by atoms with Crippen molar-refractivity contribution in [2.24, 2.45) is 5.41 Å². The summed E-state index contributed by atoms with van der Waals surface area (Å²) in [6.07, 6.45) is 10.3. The third-order valence-electron chi connectivity index (χ3n) is 3.46. The standard InChI is InChI=1S/C20H26O2/c1-5-20(4,15-9-11-17(2)3)16-10-14-19(21)22-18-12-7-6-8-13-18/h5-8,10-13,16H,1,9,14-15H2,2-4H3. The van der Waals surface area contributed by atoms with E-state index in [1.165, 1.54) is 5.57 Å². The van der Waals surface area contributed by atoms with Gasteiger partial charge >= 0.3 is 5.97 Å². The van der Waals surface area contributed by atoms with Gasteiger partial charge in [0.1, 0.15) is 5.75 Å². The molecular formula is C20H26O2. The SMILES string of the molecule is C=CC(C)(C=CCC(=O)Oc1ccccc1)CCC=C(C)C. The molecule has 22 heavy (non-hydrogen) atoms. The Morgan fingerprint density at radius 2 is 1.95 bits per heavy atom. The lowest BCUT2D eigenvalue weighted by atomic mass is 9.84. The highest BCUT2D eigenvalue weighted by atomic mass is 16.5. The molecule has 0 amide bonds. The van der Waals surface area contributed by atoms with Crippen molar-refractivity contribution in [3.8, 4) is 5.75 Å². The number of para-hydroxylation sites is 1. The fourth-order valence-corrected chi connectivity index (χ4v) is 2.01. The lowest BCUT2D eigenvalue weighted by Crippen LogP contribution is -2.10. The van der Waals surface area contributed by atoms with Crippen molar-refractivity contribution >= 4 is 5.97 Å². The molecule has 0 aliphatic carbocycles. The second kappa shape index (κ2) is 9.04. The summed E-state index contributed by atoms with van der Waals surface area (Å²) in [6.45, 7) is 10.2. The van der Waals surface area contributed by atoms with E-state index in [0.29, 0.717) is 5.75 Å². The highest BCUT2D eigenvalue weighted by Gasteiger charge is 2.15. The highest BCUT2D eigenvalue weighted by Crippen LogP contribution is 2.27. The van der Waals surface area contributed by atoms with Crippen molar-refractivity contribution in [3.05, 3.63) is 66.8 Å². The topological polar surface area (TPSA) is 26.3 Å². The van der Waals surface area contributed by atoms with Crippen molar-refractivity contribution in [1.29, 1.82) is 0 Å². The highest BCUT2D eigenvalue weighted by molar-refractivity contribution is 5.73. The Morgan fingerprint density at radius 3 is 2.55 bits per heavy atom. The number of hydrogen-bond acceptors (Lipinski definition) is 2. The summed E-state index contributed by atoms with van der Waals surface area (Å²) in [5, 5.41) is 0. The van der Waals surface area contributed by atoms with Crippen LogP contribution in [0.3, 0.4) is 0 Å². The van der Waals surface area contributed by atoms with Crippen LogP contribution in [0.2, 0.25) is 0 Å². The summed E-state index contributed by atoms with van der Waals surface area (Å²) < 4.78 is 5.25. The number of carbonyl (C=O) groups is 1. The fourth-order valence-electron chi connectivity index (χ4n) is 2.01. The Balaban J connectivity index is 2.49. The maximum Gasteiger partial charge on any atom is 0.315 e. The van der Waals surface area contributed by atoms with Gasteiger partial charge in [-0.05, 0) is 38.8 Å². The fraction of sp³-hybridized carbons (Fsp3) is 0.350. The van der Waals surface area contributed by atoms with Crippen LogP contribution in [0.4, 0.5) is 0 Å².